The maximum Gasteiger partial charge on any atom is 0.261 e. The van der Waals surface area contributed by atoms with Gasteiger partial charge in [0, 0.05) is 13.1 Å². The Morgan fingerprint density at radius 2 is 1.95 bits per heavy atom. The predicted molar refractivity (Wildman–Crippen MR) is 81.8 cm³/mol. The lowest BCUT2D eigenvalue weighted by Gasteiger charge is -2.11. The van der Waals surface area contributed by atoms with Crippen LogP contribution in [0, 0.1) is 13.8 Å². The average molecular weight is 302 g/mol. The van der Waals surface area contributed by atoms with Crippen molar-refractivity contribution < 1.29 is 14.1 Å². The van der Waals surface area contributed by atoms with Crippen LogP contribution < -0.4 is 16.4 Å². The molecule has 2 aromatic rings. The Morgan fingerprint density at radius 3 is 2.59 bits per heavy atom. The maximum absolute atomic E-state index is 12.3. The Bertz CT molecular complexity index is 674. The molecule has 2 rings (SSSR count). The smallest absolute Gasteiger partial charge is 0.261 e. The molecule has 4 N–H and O–H groups in total. The Balaban J connectivity index is 2.23. The van der Waals surface area contributed by atoms with Gasteiger partial charge in [-0.05, 0) is 26.0 Å². The van der Waals surface area contributed by atoms with E-state index in [9.17, 15) is 9.59 Å². The van der Waals surface area contributed by atoms with Gasteiger partial charge in [-0.3, -0.25) is 9.59 Å². The third-order valence-electron chi connectivity index (χ3n) is 3.11. The summed E-state index contributed by atoms with van der Waals surface area (Å²) in [5, 5.41) is 9.14. The first kappa shape index (κ1) is 15.7. The minimum atomic E-state index is -0.365. The molecule has 1 heterocycles. The number of rotatable bonds is 5. The second-order valence-corrected chi connectivity index (χ2v) is 4.74. The molecule has 0 fully saturated rings. The van der Waals surface area contributed by atoms with Crippen LogP contribution in [-0.4, -0.2) is 30.1 Å². The fraction of sp³-hybridized carbons (Fsp3) is 0.267. The van der Waals surface area contributed by atoms with Gasteiger partial charge in [-0.2, -0.15) is 0 Å². The van der Waals surface area contributed by atoms with E-state index >= 15 is 0 Å². The van der Waals surface area contributed by atoms with Crippen molar-refractivity contribution in [3.63, 3.8) is 0 Å². The summed E-state index contributed by atoms with van der Waals surface area (Å²) < 4.78 is 4.98. The molecule has 1 aromatic carbocycles. The summed E-state index contributed by atoms with van der Waals surface area (Å²) in [5.41, 5.74) is 7.03. The summed E-state index contributed by atoms with van der Waals surface area (Å²) in [7, 11) is 0. The number of hydrogen-bond acceptors (Lipinski definition) is 5. The summed E-state index contributed by atoms with van der Waals surface area (Å²) in [5.74, 6) is -0.226. The van der Waals surface area contributed by atoms with E-state index in [1.54, 1.807) is 38.1 Å². The molecule has 2 amide bonds. The molecule has 0 bridgehead atoms. The molecule has 0 atom stereocenters. The summed E-state index contributed by atoms with van der Waals surface area (Å²) >= 11 is 0. The van der Waals surface area contributed by atoms with E-state index < -0.39 is 0 Å². The molecule has 0 unspecified atom stereocenters. The van der Waals surface area contributed by atoms with E-state index in [4.69, 9.17) is 10.3 Å². The number of para-hydroxylation sites is 1. The maximum atomic E-state index is 12.3. The SMILES string of the molecule is Cc1noc(C)c1C(=O)Nc1ccccc1C(=O)NCCN. The van der Waals surface area contributed by atoms with Gasteiger partial charge in [0.05, 0.1) is 16.9 Å². The number of nitrogens with two attached hydrogens (primary N) is 1. The molecule has 0 radical (unpaired) electrons. The van der Waals surface area contributed by atoms with Crippen LogP contribution in [0.2, 0.25) is 0 Å². The van der Waals surface area contributed by atoms with Gasteiger partial charge in [0.25, 0.3) is 11.8 Å². The van der Waals surface area contributed by atoms with Crippen molar-refractivity contribution in [3.05, 3.63) is 46.8 Å². The van der Waals surface area contributed by atoms with E-state index in [0.29, 0.717) is 41.4 Å². The topological polar surface area (TPSA) is 110 Å². The van der Waals surface area contributed by atoms with E-state index in [2.05, 4.69) is 15.8 Å². The lowest BCUT2D eigenvalue weighted by atomic mass is 10.1. The van der Waals surface area contributed by atoms with Crippen molar-refractivity contribution in [1.82, 2.24) is 10.5 Å². The Morgan fingerprint density at radius 1 is 1.23 bits per heavy atom. The minimum absolute atomic E-state index is 0.292. The highest BCUT2D eigenvalue weighted by Crippen LogP contribution is 2.19. The van der Waals surface area contributed by atoms with Crippen molar-refractivity contribution in [2.75, 3.05) is 18.4 Å². The fourth-order valence-corrected chi connectivity index (χ4v) is 2.06. The molecule has 0 aliphatic rings. The molecule has 0 aliphatic heterocycles. The lowest BCUT2D eigenvalue weighted by Crippen LogP contribution is -2.30. The number of aromatic nitrogens is 1. The van der Waals surface area contributed by atoms with Gasteiger partial charge in [-0.25, -0.2) is 0 Å². The van der Waals surface area contributed by atoms with Crippen LogP contribution in [0.25, 0.3) is 0 Å². The zero-order valence-electron chi connectivity index (χ0n) is 12.5. The number of amides is 2. The Hall–Kier alpha value is -2.67. The molecule has 7 heteroatoms. The Kier molecular flexibility index (Phi) is 4.90. The molecule has 22 heavy (non-hydrogen) atoms. The number of benzene rings is 1. The van der Waals surface area contributed by atoms with E-state index in [0.717, 1.165) is 0 Å². The van der Waals surface area contributed by atoms with Crippen LogP contribution in [0.3, 0.4) is 0 Å². The van der Waals surface area contributed by atoms with Gasteiger partial charge in [0.1, 0.15) is 11.3 Å². The summed E-state index contributed by atoms with van der Waals surface area (Å²) in [6.45, 7) is 4.06. The number of carbonyl (C=O) groups is 2. The first-order valence-corrected chi connectivity index (χ1v) is 6.86. The van der Waals surface area contributed by atoms with Gasteiger partial charge in [0.2, 0.25) is 0 Å². The van der Waals surface area contributed by atoms with Crippen LogP contribution in [0.1, 0.15) is 32.2 Å². The van der Waals surface area contributed by atoms with Crippen LogP contribution >= 0.6 is 0 Å². The highest BCUT2D eigenvalue weighted by Gasteiger charge is 2.19. The lowest BCUT2D eigenvalue weighted by molar-refractivity contribution is 0.0955. The zero-order chi connectivity index (χ0) is 16.1. The summed E-state index contributed by atoms with van der Waals surface area (Å²) in [6, 6.07) is 6.76. The second kappa shape index (κ2) is 6.86. The third-order valence-corrected chi connectivity index (χ3v) is 3.11. The van der Waals surface area contributed by atoms with E-state index in [1.807, 2.05) is 0 Å². The molecule has 1 aromatic heterocycles. The molecule has 0 aliphatic carbocycles. The second-order valence-electron chi connectivity index (χ2n) is 4.74. The van der Waals surface area contributed by atoms with Crippen LogP contribution in [-0.2, 0) is 0 Å². The molecular formula is C15H18N4O3. The van der Waals surface area contributed by atoms with Gasteiger partial charge >= 0.3 is 0 Å². The zero-order valence-corrected chi connectivity index (χ0v) is 12.5. The quantitative estimate of drug-likeness (QED) is 0.769. The van der Waals surface area contributed by atoms with Gasteiger partial charge in [-0.1, -0.05) is 17.3 Å². The van der Waals surface area contributed by atoms with Crippen molar-refractivity contribution in [1.29, 1.82) is 0 Å². The highest BCUT2D eigenvalue weighted by molar-refractivity contribution is 6.09. The van der Waals surface area contributed by atoms with Crippen molar-refractivity contribution in [2.24, 2.45) is 5.73 Å². The first-order chi connectivity index (χ1) is 10.5. The van der Waals surface area contributed by atoms with Gasteiger partial charge < -0.3 is 20.9 Å². The standard InChI is InChI=1S/C15H18N4O3/c1-9-13(10(2)22-19-9)15(21)18-12-6-4-3-5-11(12)14(20)17-8-7-16/h3-6H,7-8,16H2,1-2H3,(H,17,20)(H,18,21). The normalized spacial score (nSPS) is 10.3. The van der Waals surface area contributed by atoms with Crippen LogP contribution in [0.5, 0.6) is 0 Å². The van der Waals surface area contributed by atoms with Crippen LogP contribution in [0.15, 0.2) is 28.8 Å². The predicted octanol–water partition coefficient (Wildman–Crippen LogP) is 1.23. The largest absolute Gasteiger partial charge is 0.361 e. The third kappa shape index (κ3) is 3.32. The minimum Gasteiger partial charge on any atom is -0.361 e. The summed E-state index contributed by atoms with van der Waals surface area (Å²) in [6.07, 6.45) is 0. The highest BCUT2D eigenvalue weighted by atomic mass is 16.5. The number of carbonyl (C=O) groups excluding carboxylic acids is 2. The van der Waals surface area contributed by atoms with Crippen LogP contribution in [0.4, 0.5) is 5.69 Å². The number of nitrogens with zero attached hydrogens (tertiary/aromatic N) is 1. The van der Waals surface area contributed by atoms with Crippen molar-refractivity contribution in [2.45, 2.75) is 13.8 Å². The average Bonchev–Trinajstić information content (AvgIpc) is 2.84. The van der Waals surface area contributed by atoms with Gasteiger partial charge in [-0.15, -0.1) is 0 Å². The molecule has 0 saturated carbocycles. The molecule has 7 nitrogen and oxygen atoms in total. The summed E-state index contributed by atoms with van der Waals surface area (Å²) in [4.78, 5) is 24.4. The number of nitrogens with one attached hydrogen (secondary N) is 2. The number of aryl methyl sites for hydroxylation is 2. The number of anilines is 1. The van der Waals surface area contributed by atoms with E-state index in [1.165, 1.54) is 0 Å². The molecular weight excluding hydrogens is 284 g/mol. The van der Waals surface area contributed by atoms with Gasteiger partial charge in [0.15, 0.2) is 0 Å². The van der Waals surface area contributed by atoms with E-state index in [-0.39, 0.29) is 11.8 Å². The first-order valence-electron chi connectivity index (χ1n) is 6.86. The molecule has 116 valence electrons. The fourth-order valence-electron chi connectivity index (χ4n) is 2.06. The van der Waals surface area contributed by atoms with Crippen molar-refractivity contribution >= 4 is 17.5 Å². The number of hydrogen-bond donors (Lipinski definition) is 3. The molecule has 0 spiro atoms. The molecule has 0 saturated heterocycles. The Labute approximate surface area is 127 Å². The van der Waals surface area contributed by atoms with Crippen molar-refractivity contribution in [3.8, 4) is 0 Å². The monoisotopic (exact) mass is 302 g/mol.